The van der Waals surface area contributed by atoms with Gasteiger partial charge in [0.1, 0.15) is 6.04 Å². The van der Waals surface area contributed by atoms with Gasteiger partial charge in [0.2, 0.25) is 0 Å². The first-order valence-corrected chi connectivity index (χ1v) is 7.95. The number of hydrogen-bond acceptors (Lipinski definition) is 5. The number of rotatable bonds is 3. The maximum absolute atomic E-state index is 11.9. The molecule has 1 aromatic carbocycles. The number of fused-ring (bicyclic) bond motifs is 1. The third-order valence-corrected chi connectivity index (χ3v) is 5.36. The Bertz CT molecular complexity index is 657. The number of carbonyl (C=O) groups excluding carboxylic acids is 1. The summed E-state index contributed by atoms with van der Waals surface area (Å²) >= 11 is 8.15. The van der Waals surface area contributed by atoms with E-state index in [1.54, 1.807) is 11.3 Å². The van der Waals surface area contributed by atoms with Crippen molar-refractivity contribution in [1.82, 2.24) is 4.90 Å². The summed E-state index contributed by atoms with van der Waals surface area (Å²) < 4.78 is 11.4. The van der Waals surface area contributed by atoms with Gasteiger partial charge in [-0.05, 0) is 6.07 Å². The predicted octanol–water partition coefficient (Wildman–Crippen LogP) is 2.93. The van der Waals surface area contributed by atoms with E-state index in [1.807, 2.05) is 18.2 Å². The van der Waals surface area contributed by atoms with Crippen LogP contribution in [-0.4, -0.2) is 43.8 Å². The highest BCUT2D eigenvalue weighted by Crippen LogP contribution is 2.36. The zero-order valence-corrected chi connectivity index (χ0v) is 13.2. The molecule has 0 radical (unpaired) electrons. The quantitative estimate of drug-likeness (QED) is 0.813. The fourth-order valence-corrected chi connectivity index (χ4v) is 4.05. The summed E-state index contributed by atoms with van der Waals surface area (Å²) in [5.74, 6) is -0.257. The highest BCUT2D eigenvalue weighted by Gasteiger charge is 2.31. The molecule has 6 heteroatoms. The molecule has 1 aliphatic rings. The molecule has 4 nitrogen and oxygen atoms in total. The van der Waals surface area contributed by atoms with Crippen LogP contribution in [0.2, 0.25) is 5.02 Å². The molecule has 0 aliphatic carbocycles. The molecule has 2 heterocycles. The first-order chi connectivity index (χ1) is 10.2. The lowest BCUT2D eigenvalue weighted by Gasteiger charge is -2.33. The number of morpholine rings is 1. The van der Waals surface area contributed by atoms with Crippen molar-refractivity contribution in [2.75, 3.05) is 26.9 Å². The van der Waals surface area contributed by atoms with E-state index < -0.39 is 0 Å². The second-order valence-electron chi connectivity index (χ2n) is 4.92. The Labute approximate surface area is 132 Å². The van der Waals surface area contributed by atoms with Crippen LogP contribution in [0.3, 0.4) is 0 Å². The van der Waals surface area contributed by atoms with Gasteiger partial charge in [0.15, 0.2) is 0 Å². The van der Waals surface area contributed by atoms with Gasteiger partial charge in [0.25, 0.3) is 0 Å². The van der Waals surface area contributed by atoms with E-state index in [9.17, 15) is 4.79 Å². The van der Waals surface area contributed by atoms with Gasteiger partial charge < -0.3 is 9.47 Å². The van der Waals surface area contributed by atoms with Gasteiger partial charge in [0, 0.05) is 28.1 Å². The molecular weight excluding hydrogens is 310 g/mol. The lowest BCUT2D eigenvalue weighted by molar-refractivity contribution is -0.153. The number of carbonyl (C=O) groups is 1. The normalized spacial score (nSPS) is 19.8. The van der Waals surface area contributed by atoms with Crippen molar-refractivity contribution in [2.45, 2.75) is 12.6 Å². The van der Waals surface area contributed by atoms with Crippen LogP contribution in [0.5, 0.6) is 0 Å². The highest BCUT2D eigenvalue weighted by molar-refractivity contribution is 7.19. The molecule has 1 unspecified atom stereocenters. The van der Waals surface area contributed by atoms with Crippen LogP contribution < -0.4 is 0 Å². The van der Waals surface area contributed by atoms with E-state index in [0.29, 0.717) is 26.3 Å². The number of hydrogen-bond donors (Lipinski definition) is 0. The summed E-state index contributed by atoms with van der Waals surface area (Å²) in [5.41, 5.74) is 0. The smallest absolute Gasteiger partial charge is 0.325 e. The zero-order chi connectivity index (χ0) is 14.8. The molecule has 1 saturated heterocycles. The Balaban J connectivity index is 1.86. The van der Waals surface area contributed by atoms with E-state index in [4.69, 9.17) is 21.1 Å². The van der Waals surface area contributed by atoms with E-state index >= 15 is 0 Å². The molecule has 112 valence electrons. The fourth-order valence-electron chi connectivity index (χ4n) is 2.53. The number of esters is 1. The van der Waals surface area contributed by atoms with E-state index in [-0.39, 0.29) is 12.0 Å². The SMILES string of the molecule is COC(=O)C1COCCN1Cc1sc2ccccc2c1Cl. The Morgan fingerprint density at radius 3 is 3.10 bits per heavy atom. The molecule has 0 amide bonds. The van der Waals surface area contributed by atoms with Crippen molar-refractivity contribution < 1.29 is 14.3 Å². The van der Waals surface area contributed by atoms with Crippen LogP contribution in [0.25, 0.3) is 10.1 Å². The van der Waals surface area contributed by atoms with Crippen molar-refractivity contribution in [1.29, 1.82) is 0 Å². The summed E-state index contributed by atoms with van der Waals surface area (Å²) in [7, 11) is 1.40. The van der Waals surface area contributed by atoms with Gasteiger partial charge in [-0.1, -0.05) is 29.8 Å². The third-order valence-electron chi connectivity index (χ3n) is 3.66. The first kappa shape index (κ1) is 14.8. The molecule has 1 aliphatic heterocycles. The number of methoxy groups -OCH3 is 1. The number of thiophene rings is 1. The Morgan fingerprint density at radius 1 is 1.52 bits per heavy atom. The van der Waals surface area contributed by atoms with Crippen molar-refractivity contribution in [2.24, 2.45) is 0 Å². The monoisotopic (exact) mass is 325 g/mol. The van der Waals surface area contributed by atoms with Crippen molar-refractivity contribution in [3.8, 4) is 0 Å². The molecule has 1 aromatic heterocycles. The van der Waals surface area contributed by atoms with Crippen LogP contribution >= 0.6 is 22.9 Å². The van der Waals surface area contributed by atoms with Crippen LogP contribution in [0, 0.1) is 0 Å². The molecular formula is C15H16ClNO3S. The Kier molecular flexibility index (Phi) is 4.45. The maximum atomic E-state index is 11.9. The molecule has 21 heavy (non-hydrogen) atoms. The molecule has 0 N–H and O–H groups in total. The molecule has 3 rings (SSSR count). The van der Waals surface area contributed by atoms with Crippen molar-refractivity contribution in [3.63, 3.8) is 0 Å². The molecule has 1 fully saturated rings. The van der Waals surface area contributed by atoms with Gasteiger partial charge in [0.05, 0.1) is 25.3 Å². The van der Waals surface area contributed by atoms with Gasteiger partial charge in [-0.15, -0.1) is 11.3 Å². The Morgan fingerprint density at radius 2 is 2.33 bits per heavy atom. The van der Waals surface area contributed by atoms with E-state index in [1.165, 1.54) is 11.8 Å². The van der Waals surface area contributed by atoms with Gasteiger partial charge in [-0.2, -0.15) is 0 Å². The third kappa shape index (κ3) is 2.92. The van der Waals surface area contributed by atoms with Crippen LogP contribution in [0.4, 0.5) is 0 Å². The average molecular weight is 326 g/mol. The standard InChI is InChI=1S/C15H16ClNO3S/c1-19-15(18)11-9-20-7-6-17(11)8-13-14(16)10-4-2-3-5-12(10)21-13/h2-5,11H,6-9H2,1H3. The Hall–Kier alpha value is -1.14. The highest BCUT2D eigenvalue weighted by atomic mass is 35.5. The minimum Gasteiger partial charge on any atom is -0.468 e. The number of nitrogens with zero attached hydrogens (tertiary/aromatic N) is 1. The molecule has 1 atom stereocenters. The molecule has 0 bridgehead atoms. The van der Waals surface area contributed by atoms with Gasteiger partial charge in [-0.25, -0.2) is 0 Å². The second kappa shape index (κ2) is 6.32. The summed E-state index contributed by atoms with van der Waals surface area (Å²) in [4.78, 5) is 15.0. The summed E-state index contributed by atoms with van der Waals surface area (Å²) in [6, 6.07) is 7.72. The van der Waals surface area contributed by atoms with Crippen molar-refractivity contribution >= 4 is 39.0 Å². The lowest BCUT2D eigenvalue weighted by atomic mass is 10.2. The first-order valence-electron chi connectivity index (χ1n) is 6.76. The molecule has 2 aromatic rings. The minimum absolute atomic E-state index is 0.257. The molecule has 0 saturated carbocycles. The van der Waals surface area contributed by atoms with Crippen LogP contribution in [0.15, 0.2) is 24.3 Å². The number of ether oxygens (including phenoxy) is 2. The summed E-state index contributed by atoms with van der Waals surface area (Å²) in [6.07, 6.45) is 0. The minimum atomic E-state index is -0.356. The summed E-state index contributed by atoms with van der Waals surface area (Å²) in [5, 5.41) is 1.85. The number of benzene rings is 1. The zero-order valence-electron chi connectivity index (χ0n) is 11.7. The van der Waals surface area contributed by atoms with E-state index in [2.05, 4.69) is 11.0 Å². The predicted molar refractivity (Wildman–Crippen MR) is 83.9 cm³/mol. The summed E-state index contributed by atoms with van der Waals surface area (Å²) in [6.45, 7) is 2.33. The molecule has 0 spiro atoms. The average Bonchev–Trinajstić information content (AvgIpc) is 2.84. The topological polar surface area (TPSA) is 38.8 Å². The number of halogens is 1. The van der Waals surface area contributed by atoms with E-state index in [0.717, 1.165) is 15.3 Å². The largest absolute Gasteiger partial charge is 0.468 e. The van der Waals surface area contributed by atoms with Crippen LogP contribution in [-0.2, 0) is 20.8 Å². The van der Waals surface area contributed by atoms with Crippen molar-refractivity contribution in [3.05, 3.63) is 34.2 Å². The lowest BCUT2D eigenvalue weighted by Crippen LogP contribution is -2.49. The second-order valence-corrected chi connectivity index (χ2v) is 6.43. The van der Waals surface area contributed by atoms with Gasteiger partial charge in [-0.3, -0.25) is 9.69 Å². The maximum Gasteiger partial charge on any atom is 0.325 e. The van der Waals surface area contributed by atoms with Crippen LogP contribution in [0.1, 0.15) is 4.88 Å². The fraction of sp³-hybridized carbons (Fsp3) is 0.400. The van der Waals surface area contributed by atoms with Gasteiger partial charge >= 0.3 is 5.97 Å².